The smallest absolute Gasteiger partial charge is 0.214 e. The molecule has 2 aromatic heterocycles. The van der Waals surface area contributed by atoms with E-state index in [2.05, 4.69) is 48.9 Å². The summed E-state index contributed by atoms with van der Waals surface area (Å²) in [6.07, 6.45) is 3.25. The molecule has 0 fully saturated rings. The summed E-state index contributed by atoms with van der Waals surface area (Å²) in [5.74, 6) is 2.19. The molecule has 136 valence electrons. The third-order valence-corrected chi connectivity index (χ3v) is 3.97. The Bertz CT molecular complexity index is 848. The number of rotatable bonds is 6. The first-order valence-electron chi connectivity index (χ1n) is 8.41. The molecule has 0 saturated carbocycles. The Morgan fingerprint density at radius 2 is 2.00 bits per heavy atom. The number of aliphatic imine (C=N–C) groups is 1. The molecule has 0 bridgehead atoms. The predicted octanol–water partition coefficient (Wildman–Crippen LogP) is 1.80. The van der Waals surface area contributed by atoms with Crippen molar-refractivity contribution in [2.45, 2.75) is 33.5 Å². The zero-order valence-corrected chi connectivity index (χ0v) is 15.2. The monoisotopic (exact) mass is 353 g/mol. The van der Waals surface area contributed by atoms with E-state index in [1.807, 2.05) is 19.9 Å². The van der Waals surface area contributed by atoms with E-state index in [9.17, 15) is 0 Å². The van der Waals surface area contributed by atoms with Crippen LogP contribution in [0.1, 0.15) is 28.5 Å². The van der Waals surface area contributed by atoms with Crippen molar-refractivity contribution in [1.29, 1.82) is 0 Å². The van der Waals surface area contributed by atoms with Gasteiger partial charge in [-0.05, 0) is 25.0 Å². The van der Waals surface area contributed by atoms with Gasteiger partial charge in [-0.2, -0.15) is 5.10 Å². The van der Waals surface area contributed by atoms with Gasteiger partial charge in [-0.25, -0.2) is 14.6 Å². The van der Waals surface area contributed by atoms with Crippen LogP contribution in [0.5, 0.6) is 0 Å². The van der Waals surface area contributed by atoms with E-state index in [4.69, 9.17) is 4.42 Å². The zero-order valence-electron chi connectivity index (χ0n) is 15.2. The number of aryl methyl sites for hydroxylation is 2. The fraction of sp³-hybridized carbons (Fsp3) is 0.333. The maximum Gasteiger partial charge on any atom is 0.214 e. The Morgan fingerprint density at radius 3 is 2.69 bits per heavy atom. The van der Waals surface area contributed by atoms with Crippen LogP contribution < -0.4 is 10.6 Å². The minimum atomic E-state index is 0.487. The number of nitrogens with zero attached hydrogens (tertiary/aromatic N) is 5. The summed E-state index contributed by atoms with van der Waals surface area (Å²) in [6.45, 7) is 5.69. The Morgan fingerprint density at radius 1 is 1.19 bits per heavy atom. The first-order chi connectivity index (χ1) is 12.6. The van der Waals surface area contributed by atoms with Gasteiger partial charge >= 0.3 is 0 Å². The molecule has 1 aromatic carbocycles. The fourth-order valence-electron chi connectivity index (χ4n) is 2.52. The summed E-state index contributed by atoms with van der Waals surface area (Å²) < 4.78 is 7.37. The molecule has 0 aliphatic heterocycles. The Labute approximate surface area is 152 Å². The lowest BCUT2D eigenvalue weighted by molar-refractivity contribution is 0.463. The lowest BCUT2D eigenvalue weighted by Crippen LogP contribution is -2.36. The number of benzene rings is 1. The van der Waals surface area contributed by atoms with Crippen LogP contribution >= 0.6 is 0 Å². The number of hydrogen-bond donors (Lipinski definition) is 2. The van der Waals surface area contributed by atoms with Crippen LogP contribution in [-0.2, 0) is 19.6 Å². The quantitative estimate of drug-likeness (QED) is 0.518. The summed E-state index contributed by atoms with van der Waals surface area (Å²) in [4.78, 5) is 12.6. The van der Waals surface area contributed by atoms with Gasteiger partial charge in [-0.3, -0.25) is 4.99 Å². The van der Waals surface area contributed by atoms with Crippen LogP contribution in [0, 0.1) is 13.8 Å². The molecule has 8 heteroatoms. The molecule has 0 spiro atoms. The van der Waals surface area contributed by atoms with Crippen molar-refractivity contribution in [2.75, 3.05) is 7.05 Å². The maximum absolute atomic E-state index is 5.57. The van der Waals surface area contributed by atoms with Crippen molar-refractivity contribution in [2.24, 2.45) is 4.99 Å². The molecule has 0 aliphatic rings. The molecule has 0 radical (unpaired) electrons. The first kappa shape index (κ1) is 17.7. The second-order valence-electron chi connectivity index (χ2n) is 5.94. The predicted molar refractivity (Wildman–Crippen MR) is 98.6 cm³/mol. The molecule has 8 nitrogen and oxygen atoms in total. The van der Waals surface area contributed by atoms with Gasteiger partial charge in [0.25, 0.3) is 0 Å². The van der Waals surface area contributed by atoms with Crippen LogP contribution in [0.25, 0.3) is 0 Å². The van der Waals surface area contributed by atoms with E-state index in [1.165, 1.54) is 11.9 Å². The normalized spacial score (nSPS) is 11.6. The van der Waals surface area contributed by atoms with Crippen molar-refractivity contribution >= 4 is 5.96 Å². The Hall–Kier alpha value is -3.16. The average Bonchev–Trinajstić information content (AvgIpc) is 3.25. The molecule has 3 rings (SSSR count). The summed E-state index contributed by atoms with van der Waals surface area (Å²) in [5.41, 5.74) is 3.24. The molecule has 2 heterocycles. The molecular weight excluding hydrogens is 330 g/mol. The second kappa shape index (κ2) is 8.28. The highest BCUT2D eigenvalue weighted by Gasteiger charge is 2.06. The number of oxazole rings is 1. The summed E-state index contributed by atoms with van der Waals surface area (Å²) in [6, 6.07) is 8.33. The molecule has 0 saturated heterocycles. The van der Waals surface area contributed by atoms with Crippen LogP contribution in [0.2, 0.25) is 0 Å². The Balaban J connectivity index is 1.53. The standard InChI is InChI=1S/C18H23N7O/c1-13-14(2)26-17(24-13)9-22-18(19-3)21-8-15-5-4-6-16(7-15)10-25-12-20-11-23-25/h4-7,11-12H,8-10H2,1-3H3,(H2,19,21,22). The Kier molecular flexibility index (Phi) is 5.62. The van der Waals surface area contributed by atoms with Crippen LogP contribution in [0.4, 0.5) is 0 Å². The van der Waals surface area contributed by atoms with Crippen molar-refractivity contribution in [3.8, 4) is 0 Å². The lowest BCUT2D eigenvalue weighted by atomic mass is 10.1. The highest BCUT2D eigenvalue weighted by Crippen LogP contribution is 2.08. The van der Waals surface area contributed by atoms with Gasteiger partial charge in [0.1, 0.15) is 18.4 Å². The van der Waals surface area contributed by atoms with E-state index in [0.29, 0.717) is 31.5 Å². The minimum absolute atomic E-state index is 0.487. The minimum Gasteiger partial charge on any atom is -0.444 e. The summed E-state index contributed by atoms with van der Waals surface area (Å²) in [7, 11) is 1.74. The molecule has 0 amide bonds. The van der Waals surface area contributed by atoms with Crippen molar-refractivity contribution in [3.05, 3.63) is 65.4 Å². The zero-order chi connectivity index (χ0) is 18.4. The summed E-state index contributed by atoms with van der Waals surface area (Å²) in [5, 5.41) is 10.6. The average molecular weight is 353 g/mol. The molecule has 0 aliphatic carbocycles. The van der Waals surface area contributed by atoms with Crippen molar-refractivity contribution in [1.82, 2.24) is 30.4 Å². The largest absolute Gasteiger partial charge is 0.444 e. The van der Waals surface area contributed by atoms with E-state index in [1.54, 1.807) is 18.1 Å². The van der Waals surface area contributed by atoms with E-state index >= 15 is 0 Å². The topological polar surface area (TPSA) is 93.2 Å². The first-order valence-corrected chi connectivity index (χ1v) is 8.41. The van der Waals surface area contributed by atoms with Gasteiger partial charge in [0.2, 0.25) is 5.89 Å². The van der Waals surface area contributed by atoms with Gasteiger partial charge < -0.3 is 15.1 Å². The third-order valence-electron chi connectivity index (χ3n) is 3.97. The van der Waals surface area contributed by atoms with E-state index in [0.717, 1.165) is 17.0 Å². The highest BCUT2D eigenvalue weighted by molar-refractivity contribution is 5.79. The van der Waals surface area contributed by atoms with Gasteiger partial charge in [-0.1, -0.05) is 24.3 Å². The fourth-order valence-corrected chi connectivity index (χ4v) is 2.52. The maximum atomic E-state index is 5.57. The third kappa shape index (κ3) is 4.69. The SMILES string of the molecule is CN=C(NCc1cccc(Cn2cncn2)c1)NCc1nc(C)c(C)o1. The molecule has 26 heavy (non-hydrogen) atoms. The molecule has 2 N–H and O–H groups in total. The molecule has 0 unspecified atom stereocenters. The number of hydrogen-bond acceptors (Lipinski definition) is 5. The van der Waals surface area contributed by atoms with Crippen LogP contribution in [0.3, 0.4) is 0 Å². The van der Waals surface area contributed by atoms with Gasteiger partial charge in [0, 0.05) is 13.6 Å². The highest BCUT2D eigenvalue weighted by atomic mass is 16.4. The molecule has 3 aromatic rings. The van der Waals surface area contributed by atoms with Crippen molar-refractivity contribution in [3.63, 3.8) is 0 Å². The second-order valence-corrected chi connectivity index (χ2v) is 5.94. The number of nitrogens with one attached hydrogen (secondary N) is 2. The van der Waals surface area contributed by atoms with Gasteiger partial charge in [0.15, 0.2) is 5.96 Å². The van der Waals surface area contributed by atoms with Crippen LogP contribution in [-0.4, -0.2) is 32.8 Å². The van der Waals surface area contributed by atoms with Gasteiger partial charge in [0.05, 0.1) is 18.8 Å². The molecule has 0 atom stereocenters. The number of guanidine groups is 1. The molecular formula is C18H23N7O. The number of aromatic nitrogens is 4. The summed E-state index contributed by atoms with van der Waals surface area (Å²) >= 11 is 0. The van der Waals surface area contributed by atoms with E-state index < -0.39 is 0 Å². The van der Waals surface area contributed by atoms with Crippen molar-refractivity contribution < 1.29 is 4.42 Å². The van der Waals surface area contributed by atoms with Gasteiger partial charge in [-0.15, -0.1) is 0 Å². The van der Waals surface area contributed by atoms with E-state index in [-0.39, 0.29) is 0 Å². The lowest BCUT2D eigenvalue weighted by Gasteiger charge is -2.11. The van der Waals surface area contributed by atoms with Crippen LogP contribution in [0.15, 0.2) is 46.3 Å².